The maximum absolute atomic E-state index is 12.8. The number of ether oxygens (including phenoxy) is 1. The molecular formula is C24H26N6O3. The molecule has 2 N–H and O–H groups in total. The SMILES string of the molecule is COc1ccccc1NC(=O)N1CCC2(CC1)Cc1nc(-c3ccccc3)nn1CC(=O)N2. The van der Waals surface area contributed by atoms with Crippen molar-refractivity contribution in [3.8, 4) is 17.1 Å². The zero-order chi connectivity index (χ0) is 22.8. The van der Waals surface area contributed by atoms with E-state index in [1.54, 1.807) is 16.7 Å². The van der Waals surface area contributed by atoms with Gasteiger partial charge in [-0.15, -0.1) is 0 Å². The van der Waals surface area contributed by atoms with Gasteiger partial charge in [0.05, 0.1) is 18.3 Å². The Balaban J connectivity index is 1.29. The molecule has 1 aromatic heterocycles. The number of urea groups is 1. The third-order valence-electron chi connectivity index (χ3n) is 6.33. The molecule has 2 aliphatic rings. The number of nitrogens with one attached hydrogen (secondary N) is 2. The maximum atomic E-state index is 12.8. The van der Waals surface area contributed by atoms with Gasteiger partial charge < -0.3 is 20.3 Å². The van der Waals surface area contributed by atoms with Crippen molar-refractivity contribution in [3.63, 3.8) is 0 Å². The van der Waals surface area contributed by atoms with Crippen LogP contribution in [0.25, 0.3) is 11.4 Å². The van der Waals surface area contributed by atoms with Crippen molar-refractivity contribution in [2.24, 2.45) is 0 Å². The van der Waals surface area contributed by atoms with Crippen molar-refractivity contribution in [3.05, 3.63) is 60.4 Å². The van der Waals surface area contributed by atoms with Gasteiger partial charge in [0.1, 0.15) is 18.1 Å². The zero-order valence-corrected chi connectivity index (χ0v) is 18.5. The maximum Gasteiger partial charge on any atom is 0.321 e. The molecule has 3 heterocycles. The number of likely N-dealkylation sites (tertiary alicyclic amines) is 1. The van der Waals surface area contributed by atoms with E-state index in [0.29, 0.717) is 49.6 Å². The summed E-state index contributed by atoms with van der Waals surface area (Å²) in [4.78, 5) is 32.0. The predicted octanol–water partition coefficient (Wildman–Crippen LogP) is 2.69. The second kappa shape index (κ2) is 8.57. The van der Waals surface area contributed by atoms with Crippen molar-refractivity contribution >= 4 is 17.6 Å². The lowest BCUT2D eigenvalue weighted by Gasteiger charge is -2.41. The minimum Gasteiger partial charge on any atom is -0.495 e. The molecule has 0 unspecified atom stereocenters. The van der Waals surface area contributed by atoms with E-state index in [-0.39, 0.29) is 18.5 Å². The van der Waals surface area contributed by atoms with Crippen molar-refractivity contribution in [1.82, 2.24) is 25.0 Å². The Bertz CT molecular complexity index is 1170. The molecular weight excluding hydrogens is 420 g/mol. The summed E-state index contributed by atoms with van der Waals surface area (Å²) in [6.07, 6.45) is 1.87. The lowest BCUT2D eigenvalue weighted by Crippen LogP contribution is -2.57. The van der Waals surface area contributed by atoms with E-state index in [0.717, 1.165) is 11.4 Å². The van der Waals surface area contributed by atoms with E-state index in [2.05, 4.69) is 15.7 Å². The largest absolute Gasteiger partial charge is 0.495 e. The first kappa shape index (κ1) is 21.0. The van der Waals surface area contributed by atoms with Crippen molar-refractivity contribution in [1.29, 1.82) is 0 Å². The molecule has 1 saturated heterocycles. The van der Waals surface area contributed by atoms with Crippen LogP contribution in [-0.4, -0.2) is 57.3 Å². The van der Waals surface area contributed by atoms with Crippen LogP contribution in [0.2, 0.25) is 0 Å². The van der Waals surface area contributed by atoms with E-state index < -0.39 is 5.54 Å². The Morgan fingerprint density at radius 2 is 1.82 bits per heavy atom. The summed E-state index contributed by atoms with van der Waals surface area (Å²) in [6.45, 7) is 1.21. The lowest BCUT2D eigenvalue weighted by atomic mass is 9.84. The second-order valence-electron chi connectivity index (χ2n) is 8.50. The smallest absolute Gasteiger partial charge is 0.321 e. The minimum absolute atomic E-state index is 0.0785. The molecule has 3 aromatic rings. The molecule has 2 aromatic carbocycles. The van der Waals surface area contributed by atoms with Gasteiger partial charge in [-0.1, -0.05) is 42.5 Å². The van der Waals surface area contributed by atoms with Crippen LogP contribution in [0.4, 0.5) is 10.5 Å². The monoisotopic (exact) mass is 446 g/mol. The highest BCUT2D eigenvalue weighted by Crippen LogP contribution is 2.30. The van der Waals surface area contributed by atoms with Crippen molar-refractivity contribution in [2.75, 3.05) is 25.5 Å². The quantitative estimate of drug-likeness (QED) is 0.644. The van der Waals surface area contributed by atoms with Gasteiger partial charge >= 0.3 is 6.03 Å². The van der Waals surface area contributed by atoms with Crippen LogP contribution in [0, 0.1) is 0 Å². The first-order valence-corrected chi connectivity index (χ1v) is 11.0. The molecule has 0 atom stereocenters. The second-order valence-corrected chi connectivity index (χ2v) is 8.50. The summed E-state index contributed by atoms with van der Waals surface area (Å²) in [7, 11) is 1.58. The first-order valence-electron chi connectivity index (χ1n) is 11.0. The lowest BCUT2D eigenvalue weighted by molar-refractivity contribution is -0.123. The third kappa shape index (κ3) is 4.26. The Morgan fingerprint density at radius 3 is 2.58 bits per heavy atom. The normalized spacial score (nSPS) is 17.1. The van der Waals surface area contributed by atoms with Crippen LogP contribution in [-0.2, 0) is 17.8 Å². The number of fused-ring (bicyclic) bond motifs is 1. The van der Waals surface area contributed by atoms with Gasteiger partial charge in [0, 0.05) is 25.1 Å². The molecule has 0 radical (unpaired) electrons. The van der Waals surface area contributed by atoms with E-state index in [1.807, 2.05) is 54.6 Å². The fourth-order valence-electron chi connectivity index (χ4n) is 4.54. The average Bonchev–Trinajstić information content (AvgIpc) is 3.16. The number of aromatic nitrogens is 3. The fourth-order valence-corrected chi connectivity index (χ4v) is 4.54. The number of benzene rings is 2. The average molecular weight is 447 g/mol. The Labute approximate surface area is 191 Å². The number of nitrogens with zero attached hydrogens (tertiary/aromatic N) is 4. The number of anilines is 1. The summed E-state index contributed by atoms with van der Waals surface area (Å²) in [5, 5.41) is 10.7. The van der Waals surface area contributed by atoms with Gasteiger partial charge in [0.25, 0.3) is 0 Å². The first-order chi connectivity index (χ1) is 16.0. The molecule has 170 valence electrons. The number of methoxy groups -OCH3 is 1. The van der Waals surface area contributed by atoms with E-state index in [4.69, 9.17) is 9.72 Å². The van der Waals surface area contributed by atoms with Crippen LogP contribution in [0.1, 0.15) is 18.7 Å². The topological polar surface area (TPSA) is 101 Å². The summed E-state index contributed by atoms with van der Waals surface area (Å²) >= 11 is 0. The number of amides is 3. The summed E-state index contributed by atoms with van der Waals surface area (Å²) in [5.41, 5.74) is 1.12. The number of hydrogen-bond donors (Lipinski definition) is 2. The molecule has 9 nitrogen and oxygen atoms in total. The Hall–Kier alpha value is -3.88. The van der Waals surface area contributed by atoms with E-state index in [9.17, 15) is 9.59 Å². The van der Waals surface area contributed by atoms with Crippen molar-refractivity contribution in [2.45, 2.75) is 31.3 Å². The molecule has 0 aliphatic carbocycles. The molecule has 2 aliphatic heterocycles. The highest BCUT2D eigenvalue weighted by Gasteiger charge is 2.41. The van der Waals surface area contributed by atoms with Gasteiger partial charge in [-0.2, -0.15) is 5.10 Å². The highest BCUT2D eigenvalue weighted by molar-refractivity contribution is 5.91. The predicted molar refractivity (Wildman–Crippen MR) is 123 cm³/mol. The van der Waals surface area contributed by atoms with E-state index >= 15 is 0 Å². The van der Waals surface area contributed by atoms with Gasteiger partial charge in [0.2, 0.25) is 5.91 Å². The van der Waals surface area contributed by atoms with Gasteiger partial charge in [-0.05, 0) is 25.0 Å². The molecule has 33 heavy (non-hydrogen) atoms. The number of para-hydroxylation sites is 2. The van der Waals surface area contributed by atoms with Crippen LogP contribution < -0.4 is 15.4 Å². The summed E-state index contributed by atoms with van der Waals surface area (Å²) in [5.74, 6) is 1.96. The van der Waals surface area contributed by atoms with Crippen LogP contribution >= 0.6 is 0 Å². The van der Waals surface area contributed by atoms with Gasteiger partial charge in [-0.25, -0.2) is 14.5 Å². The summed E-state index contributed by atoms with van der Waals surface area (Å²) in [6, 6.07) is 16.9. The molecule has 9 heteroatoms. The van der Waals surface area contributed by atoms with Crippen LogP contribution in [0.15, 0.2) is 54.6 Å². The number of carbonyl (C=O) groups excluding carboxylic acids is 2. The minimum atomic E-state index is -0.437. The van der Waals surface area contributed by atoms with Crippen LogP contribution in [0.5, 0.6) is 5.75 Å². The molecule has 5 rings (SSSR count). The van der Waals surface area contributed by atoms with Crippen LogP contribution in [0.3, 0.4) is 0 Å². The Kier molecular flexibility index (Phi) is 5.45. The molecule has 1 spiro atoms. The molecule has 0 saturated carbocycles. The standard InChI is InChI=1S/C24H26N6O3/c1-33-19-10-6-5-9-18(19)25-23(32)29-13-11-24(12-14-29)15-20-26-22(17-7-3-2-4-8-17)28-30(20)16-21(31)27-24/h2-10H,11-16H2,1H3,(H,25,32)(H,27,31). The summed E-state index contributed by atoms with van der Waals surface area (Å²) < 4.78 is 7.02. The number of rotatable bonds is 3. The molecule has 1 fully saturated rings. The number of piperidine rings is 1. The van der Waals surface area contributed by atoms with Gasteiger partial charge in [0.15, 0.2) is 5.82 Å². The third-order valence-corrected chi connectivity index (χ3v) is 6.33. The Morgan fingerprint density at radius 1 is 1.09 bits per heavy atom. The zero-order valence-electron chi connectivity index (χ0n) is 18.5. The van der Waals surface area contributed by atoms with Crippen molar-refractivity contribution < 1.29 is 14.3 Å². The fraction of sp³-hybridized carbons (Fsp3) is 0.333. The van der Waals surface area contributed by atoms with Gasteiger partial charge in [-0.3, -0.25) is 4.79 Å². The number of hydrogen-bond acceptors (Lipinski definition) is 5. The molecule has 0 bridgehead atoms. The molecule has 3 amide bonds. The number of carbonyl (C=O) groups is 2. The van der Waals surface area contributed by atoms with E-state index in [1.165, 1.54) is 0 Å². The highest BCUT2D eigenvalue weighted by atomic mass is 16.5.